The Morgan fingerprint density at radius 2 is 2.00 bits per heavy atom. The number of carbonyl (C=O) groups excluding carboxylic acids is 1. The third-order valence-electron chi connectivity index (χ3n) is 2.44. The summed E-state index contributed by atoms with van der Waals surface area (Å²) in [5.41, 5.74) is 0.714. The number of hydrogen-bond acceptors (Lipinski definition) is 3. The van der Waals surface area contributed by atoms with Gasteiger partial charge >= 0.3 is 0 Å². The lowest BCUT2D eigenvalue weighted by Gasteiger charge is -2.11. The van der Waals surface area contributed by atoms with Gasteiger partial charge < -0.3 is 10.1 Å². The average molecular weight is 311 g/mol. The predicted molar refractivity (Wildman–Crippen MR) is 79.8 cm³/mol. The van der Waals surface area contributed by atoms with Crippen molar-refractivity contribution in [1.82, 2.24) is 4.98 Å². The molecule has 0 aliphatic rings. The largest absolute Gasteiger partial charge is 0.492 e. The summed E-state index contributed by atoms with van der Waals surface area (Å²) in [6.45, 7) is 2.35. The van der Waals surface area contributed by atoms with Crippen LogP contribution in [0.25, 0.3) is 0 Å². The van der Waals surface area contributed by atoms with Crippen LogP contribution in [0.4, 0.5) is 5.69 Å². The highest BCUT2D eigenvalue weighted by Gasteiger charge is 2.12. The summed E-state index contributed by atoms with van der Waals surface area (Å²) in [4.78, 5) is 16.1. The summed E-state index contributed by atoms with van der Waals surface area (Å²) < 4.78 is 5.43. The van der Waals surface area contributed by atoms with Gasteiger partial charge in [-0.3, -0.25) is 9.78 Å². The number of aromatic nitrogens is 1. The molecule has 0 saturated heterocycles. The minimum Gasteiger partial charge on any atom is -0.492 e. The highest BCUT2D eigenvalue weighted by molar-refractivity contribution is 6.31. The Balaban J connectivity index is 2.25. The number of amides is 1. The molecule has 0 saturated carbocycles. The van der Waals surface area contributed by atoms with Gasteiger partial charge in [0, 0.05) is 16.2 Å². The van der Waals surface area contributed by atoms with Crippen molar-refractivity contribution >= 4 is 34.8 Å². The Kier molecular flexibility index (Phi) is 4.82. The lowest BCUT2D eigenvalue weighted by atomic mass is 10.2. The van der Waals surface area contributed by atoms with Gasteiger partial charge in [-0.25, -0.2) is 0 Å². The van der Waals surface area contributed by atoms with E-state index in [4.69, 9.17) is 27.9 Å². The van der Waals surface area contributed by atoms with Crippen molar-refractivity contribution in [1.29, 1.82) is 0 Å². The minimum absolute atomic E-state index is 0.222. The van der Waals surface area contributed by atoms with E-state index in [1.54, 1.807) is 24.3 Å². The zero-order chi connectivity index (χ0) is 14.5. The van der Waals surface area contributed by atoms with Crippen molar-refractivity contribution in [3.05, 3.63) is 52.3 Å². The van der Waals surface area contributed by atoms with E-state index in [2.05, 4.69) is 10.3 Å². The number of benzene rings is 1. The van der Waals surface area contributed by atoms with Crippen molar-refractivity contribution in [2.45, 2.75) is 6.92 Å². The zero-order valence-corrected chi connectivity index (χ0v) is 12.2. The highest BCUT2D eigenvalue weighted by Crippen LogP contribution is 2.28. The molecular formula is C14H12Cl2N2O2. The molecule has 1 aromatic heterocycles. The van der Waals surface area contributed by atoms with Gasteiger partial charge in [0.25, 0.3) is 5.91 Å². The van der Waals surface area contributed by atoms with Crippen LogP contribution in [-0.2, 0) is 0 Å². The maximum atomic E-state index is 12.1. The lowest BCUT2D eigenvalue weighted by Crippen LogP contribution is -2.14. The summed E-state index contributed by atoms with van der Waals surface area (Å²) >= 11 is 11.8. The fourth-order valence-electron chi connectivity index (χ4n) is 1.60. The van der Waals surface area contributed by atoms with Crippen molar-refractivity contribution in [3.63, 3.8) is 0 Å². The summed E-state index contributed by atoms with van der Waals surface area (Å²) in [5, 5.41) is 3.66. The number of carbonyl (C=O) groups is 1. The van der Waals surface area contributed by atoms with Gasteiger partial charge in [-0.2, -0.15) is 0 Å². The van der Waals surface area contributed by atoms with Gasteiger partial charge in [0.1, 0.15) is 11.4 Å². The monoisotopic (exact) mass is 310 g/mol. The third kappa shape index (κ3) is 3.62. The molecule has 6 heteroatoms. The molecule has 0 bridgehead atoms. The van der Waals surface area contributed by atoms with E-state index in [1.165, 1.54) is 12.3 Å². The van der Waals surface area contributed by atoms with Crippen molar-refractivity contribution in [2.24, 2.45) is 0 Å². The van der Waals surface area contributed by atoms with Gasteiger partial charge in [-0.1, -0.05) is 23.2 Å². The van der Waals surface area contributed by atoms with E-state index in [0.29, 0.717) is 28.1 Å². The number of halogens is 2. The van der Waals surface area contributed by atoms with Gasteiger partial charge in [0.2, 0.25) is 0 Å². The fourth-order valence-corrected chi connectivity index (χ4v) is 1.93. The SMILES string of the molecule is CCOc1ccc(Cl)cc1NC(=O)c1cc(Cl)ccn1. The maximum Gasteiger partial charge on any atom is 0.274 e. The molecule has 1 aromatic carbocycles. The van der Waals surface area contributed by atoms with Gasteiger partial charge in [0.15, 0.2) is 0 Å². The molecule has 0 aliphatic heterocycles. The summed E-state index contributed by atoms with van der Waals surface area (Å²) in [6.07, 6.45) is 1.47. The molecule has 0 unspecified atom stereocenters. The molecule has 1 heterocycles. The van der Waals surface area contributed by atoms with Crippen LogP contribution in [0.15, 0.2) is 36.5 Å². The normalized spacial score (nSPS) is 10.2. The smallest absolute Gasteiger partial charge is 0.274 e. The fraction of sp³-hybridized carbons (Fsp3) is 0.143. The second-order valence-corrected chi connectivity index (χ2v) is 4.76. The molecule has 1 N–H and O–H groups in total. The van der Waals surface area contributed by atoms with Crippen molar-refractivity contribution < 1.29 is 9.53 Å². The second kappa shape index (κ2) is 6.59. The molecule has 4 nitrogen and oxygen atoms in total. The predicted octanol–water partition coefficient (Wildman–Crippen LogP) is 4.04. The van der Waals surface area contributed by atoms with Crippen LogP contribution in [-0.4, -0.2) is 17.5 Å². The van der Waals surface area contributed by atoms with E-state index in [9.17, 15) is 4.79 Å². The van der Waals surface area contributed by atoms with Crippen LogP contribution in [0.3, 0.4) is 0 Å². The average Bonchev–Trinajstić information content (AvgIpc) is 2.42. The van der Waals surface area contributed by atoms with E-state index >= 15 is 0 Å². The first-order valence-electron chi connectivity index (χ1n) is 5.95. The van der Waals surface area contributed by atoms with Crippen molar-refractivity contribution in [2.75, 3.05) is 11.9 Å². The van der Waals surface area contributed by atoms with E-state index in [1.807, 2.05) is 6.92 Å². The molecule has 0 atom stereocenters. The topological polar surface area (TPSA) is 51.2 Å². The van der Waals surface area contributed by atoms with E-state index < -0.39 is 0 Å². The summed E-state index contributed by atoms with van der Waals surface area (Å²) in [6, 6.07) is 8.10. The molecule has 2 aromatic rings. The lowest BCUT2D eigenvalue weighted by molar-refractivity contribution is 0.102. The first-order valence-corrected chi connectivity index (χ1v) is 6.71. The standard InChI is InChI=1S/C14H12Cl2N2O2/c1-2-20-13-4-3-9(15)7-11(13)18-14(19)12-8-10(16)5-6-17-12/h3-8H,2H2,1H3,(H,18,19). The molecular weight excluding hydrogens is 299 g/mol. The first kappa shape index (κ1) is 14.6. The Morgan fingerprint density at radius 3 is 2.70 bits per heavy atom. The Morgan fingerprint density at radius 1 is 1.25 bits per heavy atom. The quantitative estimate of drug-likeness (QED) is 0.927. The number of nitrogens with zero attached hydrogens (tertiary/aromatic N) is 1. The van der Waals surface area contributed by atoms with Crippen LogP contribution in [0.2, 0.25) is 10.0 Å². The van der Waals surface area contributed by atoms with Gasteiger partial charge in [-0.15, -0.1) is 0 Å². The number of pyridine rings is 1. The van der Waals surface area contributed by atoms with E-state index in [-0.39, 0.29) is 11.6 Å². The van der Waals surface area contributed by atoms with Crippen LogP contribution in [0, 0.1) is 0 Å². The van der Waals surface area contributed by atoms with Crippen LogP contribution in [0.5, 0.6) is 5.75 Å². The number of ether oxygens (including phenoxy) is 1. The van der Waals surface area contributed by atoms with Crippen LogP contribution >= 0.6 is 23.2 Å². The first-order chi connectivity index (χ1) is 9.60. The number of hydrogen-bond donors (Lipinski definition) is 1. The minimum atomic E-state index is -0.379. The summed E-state index contributed by atoms with van der Waals surface area (Å²) in [5.74, 6) is 0.169. The molecule has 0 fully saturated rings. The van der Waals surface area contributed by atoms with E-state index in [0.717, 1.165) is 0 Å². The maximum absolute atomic E-state index is 12.1. The molecule has 1 amide bonds. The van der Waals surface area contributed by atoms with Gasteiger partial charge in [0.05, 0.1) is 12.3 Å². The third-order valence-corrected chi connectivity index (χ3v) is 2.91. The summed E-state index contributed by atoms with van der Waals surface area (Å²) in [7, 11) is 0. The number of nitrogens with one attached hydrogen (secondary N) is 1. The van der Waals surface area contributed by atoms with Gasteiger partial charge in [-0.05, 0) is 37.3 Å². The Labute approximate surface area is 126 Å². The number of anilines is 1. The Bertz CT molecular complexity index is 632. The highest BCUT2D eigenvalue weighted by atomic mass is 35.5. The second-order valence-electron chi connectivity index (χ2n) is 3.89. The molecule has 20 heavy (non-hydrogen) atoms. The molecule has 0 aliphatic carbocycles. The molecule has 104 valence electrons. The zero-order valence-electron chi connectivity index (χ0n) is 10.7. The van der Waals surface area contributed by atoms with Crippen LogP contribution < -0.4 is 10.1 Å². The Hall–Kier alpha value is -1.78. The number of rotatable bonds is 4. The van der Waals surface area contributed by atoms with Crippen LogP contribution in [0.1, 0.15) is 17.4 Å². The molecule has 0 spiro atoms. The molecule has 0 radical (unpaired) electrons. The van der Waals surface area contributed by atoms with Crippen molar-refractivity contribution in [3.8, 4) is 5.75 Å². The molecule has 2 rings (SSSR count).